The predicted octanol–water partition coefficient (Wildman–Crippen LogP) is 7.24. The summed E-state index contributed by atoms with van der Waals surface area (Å²) in [4.78, 5) is 12.5. The second kappa shape index (κ2) is 12.1. The number of carbonyl (C=O) groups is 1. The zero-order valence-electron chi connectivity index (χ0n) is 19.3. The molecule has 0 spiro atoms. The quantitative estimate of drug-likeness (QED) is 0.210. The van der Waals surface area contributed by atoms with Crippen molar-refractivity contribution in [1.82, 2.24) is 9.78 Å². The van der Waals surface area contributed by atoms with Gasteiger partial charge in [0.25, 0.3) is 0 Å². The molecule has 6 nitrogen and oxygen atoms in total. The van der Waals surface area contributed by atoms with Crippen molar-refractivity contribution < 1.29 is 14.3 Å². The van der Waals surface area contributed by atoms with Crippen LogP contribution in [0.5, 0.6) is 11.5 Å². The maximum atomic E-state index is 12.5. The van der Waals surface area contributed by atoms with E-state index >= 15 is 0 Å². The number of hydrogen-bond acceptors (Lipinski definition) is 4. The minimum absolute atomic E-state index is 0.284. The van der Waals surface area contributed by atoms with Crippen LogP contribution in [0.3, 0.4) is 0 Å². The molecule has 184 valence electrons. The third-order valence-corrected chi connectivity index (χ3v) is 6.46. The van der Waals surface area contributed by atoms with E-state index in [-0.39, 0.29) is 5.91 Å². The van der Waals surface area contributed by atoms with Crippen molar-refractivity contribution in [1.29, 1.82) is 0 Å². The first-order valence-electron chi connectivity index (χ1n) is 10.9. The van der Waals surface area contributed by atoms with Crippen LogP contribution in [0.1, 0.15) is 16.7 Å². The van der Waals surface area contributed by atoms with Crippen molar-refractivity contribution in [3.05, 3.63) is 110 Å². The largest absolute Gasteiger partial charge is 0.496 e. The van der Waals surface area contributed by atoms with E-state index in [0.717, 1.165) is 26.9 Å². The van der Waals surface area contributed by atoms with E-state index in [9.17, 15) is 4.79 Å². The lowest BCUT2D eigenvalue weighted by molar-refractivity contribution is -0.111. The van der Waals surface area contributed by atoms with E-state index in [0.29, 0.717) is 34.6 Å². The monoisotopic (exact) mass is 585 g/mol. The highest BCUT2D eigenvalue weighted by molar-refractivity contribution is 9.10. The number of nitrogens with zero attached hydrogens (tertiary/aromatic N) is 2. The summed E-state index contributed by atoms with van der Waals surface area (Å²) in [6.45, 7) is 0.717. The first-order chi connectivity index (χ1) is 17.4. The number of rotatable bonds is 9. The van der Waals surface area contributed by atoms with Gasteiger partial charge in [-0.2, -0.15) is 5.10 Å². The predicted molar refractivity (Wildman–Crippen MR) is 147 cm³/mol. The first-order valence-corrected chi connectivity index (χ1v) is 12.5. The molecule has 0 unspecified atom stereocenters. The topological polar surface area (TPSA) is 65.4 Å². The molecule has 36 heavy (non-hydrogen) atoms. The second-order valence-corrected chi connectivity index (χ2v) is 9.49. The van der Waals surface area contributed by atoms with Crippen molar-refractivity contribution in [3.63, 3.8) is 0 Å². The molecule has 9 heteroatoms. The van der Waals surface area contributed by atoms with Crippen molar-refractivity contribution in [2.24, 2.45) is 0 Å². The fraction of sp³-hybridized carbons (Fsp3) is 0.111. The Labute approximate surface area is 227 Å². The van der Waals surface area contributed by atoms with Crippen LogP contribution in [-0.4, -0.2) is 22.8 Å². The molecule has 0 fully saturated rings. The minimum atomic E-state index is -0.284. The molecule has 4 aromatic rings. The Morgan fingerprint density at radius 3 is 2.58 bits per heavy atom. The first kappa shape index (κ1) is 25.8. The molecule has 1 heterocycles. The Morgan fingerprint density at radius 1 is 1.11 bits per heavy atom. The van der Waals surface area contributed by atoms with Crippen molar-refractivity contribution >= 4 is 56.8 Å². The van der Waals surface area contributed by atoms with Gasteiger partial charge in [0, 0.05) is 37.9 Å². The average Bonchev–Trinajstić information content (AvgIpc) is 3.31. The van der Waals surface area contributed by atoms with Gasteiger partial charge in [-0.05, 0) is 60.2 Å². The molecule has 1 amide bonds. The van der Waals surface area contributed by atoms with E-state index < -0.39 is 0 Å². The fourth-order valence-corrected chi connectivity index (χ4v) is 4.20. The summed E-state index contributed by atoms with van der Waals surface area (Å²) in [5.41, 5.74) is 3.03. The summed E-state index contributed by atoms with van der Waals surface area (Å²) < 4.78 is 14.0. The average molecular weight is 587 g/mol. The van der Waals surface area contributed by atoms with E-state index in [1.54, 1.807) is 48.5 Å². The summed E-state index contributed by atoms with van der Waals surface area (Å²) in [6, 6.07) is 18.6. The van der Waals surface area contributed by atoms with Crippen LogP contribution in [0.25, 0.3) is 6.08 Å². The van der Waals surface area contributed by atoms with Crippen LogP contribution in [0.4, 0.5) is 5.69 Å². The molecule has 0 radical (unpaired) electrons. The Hall–Kier alpha value is -3.26. The molecule has 1 N–H and O–H groups in total. The van der Waals surface area contributed by atoms with E-state index in [1.807, 2.05) is 42.5 Å². The summed E-state index contributed by atoms with van der Waals surface area (Å²) in [7, 11) is 1.61. The van der Waals surface area contributed by atoms with E-state index in [1.165, 1.54) is 6.08 Å². The van der Waals surface area contributed by atoms with Gasteiger partial charge < -0.3 is 14.8 Å². The van der Waals surface area contributed by atoms with Crippen molar-refractivity contribution in [2.75, 3.05) is 12.4 Å². The van der Waals surface area contributed by atoms with Gasteiger partial charge in [-0.3, -0.25) is 9.48 Å². The number of amides is 1. The van der Waals surface area contributed by atoms with Gasteiger partial charge in [0.2, 0.25) is 5.91 Å². The molecule has 0 bridgehead atoms. The maximum absolute atomic E-state index is 12.5. The zero-order chi connectivity index (χ0) is 25.5. The number of hydrogen-bond donors (Lipinski definition) is 1. The fourth-order valence-electron chi connectivity index (χ4n) is 3.42. The number of aromatic nitrogens is 2. The summed E-state index contributed by atoms with van der Waals surface area (Å²) in [5, 5.41) is 8.21. The van der Waals surface area contributed by atoms with Crippen LogP contribution in [-0.2, 0) is 17.9 Å². The van der Waals surface area contributed by atoms with Gasteiger partial charge in [0.05, 0.1) is 25.5 Å². The minimum Gasteiger partial charge on any atom is -0.496 e. The van der Waals surface area contributed by atoms with Crippen LogP contribution in [0.15, 0.2) is 83.6 Å². The third-order valence-electron chi connectivity index (χ3n) is 5.22. The molecule has 0 aliphatic heterocycles. The van der Waals surface area contributed by atoms with Crippen molar-refractivity contribution in [2.45, 2.75) is 13.2 Å². The Kier molecular flexibility index (Phi) is 8.70. The molecule has 3 aromatic carbocycles. The van der Waals surface area contributed by atoms with Crippen LogP contribution in [0, 0.1) is 0 Å². The summed E-state index contributed by atoms with van der Waals surface area (Å²) >= 11 is 15.9. The molecule has 0 atom stereocenters. The molecule has 0 aliphatic rings. The zero-order valence-corrected chi connectivity index (χ0v) is 22.3. The van der Waals surface area contributed by atoms with E-state index in [4.69, 9.17) is 32.7 Å². The lowest BCUT2D eigenvalue weighted by Gasteiger charge is -2.11. The number of halogens is 3. The molecular weight excluding hydrogens is 565 g/mol. The van der Waals surface area contributed by atoms with Gasteiger partial charge in [0.15, 0.2) is 0 Å². The smallest absolute Gasteiger partial charge is 0.248 e. The molecule has 0 aliphatic carbocycles. The Balaban J connectivity index is 1.38. The van der Waals surface area contributed by atoms with Crippen LogP contribution in [0.2, 0.25) is 10.0 Å². The maximum Gasteiger partial charge on any atom is 0.248 e. The van der Waals surface area contributed by atoms with Crippen molar-refractivity contribution in [3.8, 4) is 11.5 Å². The highest BCUT2D eigenvalue weighted by Crippen LogP contribution is 2.26. The molecule has 0 saturated carbocycles. The highest BCUT2D eigenvalue weighted by atomic mass is 79.9. The third kappa shape index (κ3) is 6.91. The number of anilines is 1. The van der Waals surface area contributed by atoms with Gasteiger partial charge in [-0.15, -0.1) is 0 Å². The molecule has 0 saturated heterocycles. The Bertz CT molecular complexity index is 1370. The standard InChI is InChI=1S/C27H22BrCl2N3O3/c1-35-26-11-5-18(13-19(26)17-36-22-9-7-20(28)8-10-22)6-12-27(34)32-21-14-31-33(15-21)16-23-24(29)3-2-4-25(23)30/h2-15H,16-17H2,1H3,(H,32,34)/b12-6-. The lowest BCUT2D eigenvalue weighted by Crippen LogP contribution is -2.07. The number of ether oxygens (including phenoxy) is 2. The second-order valence-electron chi connectivity index (χ2n) is 7.76. The van der Waals surface area contributed by atoms with Gasteiger partial charge in [-0.1, -0.05) is 51.3 Å². The number of methoxy groups -OCH3 is 1. The SMILES string of the molecule is COc1ccc(/C=C\C(=O)Nc2cnn(Cc3c(Cl)cccc3Cl)c2)cc1COc1ccc(Br)cc1. The summed E-state index contributed by atoms with van der Waals surface area (Å²) in [5.74, 6) is 1.17. The van der Waals surface area contributed by atoms with Crippen LogP contribution < -0.4 is 14.8 Å². The molecule has 4 rings (SSSR count). The Morgan fingerprint density at radius 2 is 1.86 bits per heavy atom. The lowest BCUT2D eigenvalue weighted by atomic mass is 10.1. The number of carbonyl (C=O) groups excluding carboxylic acids is 1. The van der Waals surface area contributed by atoms with Gasteiger partial charge in [-0.25, -0.2) is 0 Å². The molecular formula is C27H22BrCl2N3O3. The number of benzene rings is 3. The molecule has 1 aromatic heterocycles. The normalized spacial score (nSPS) is 11.0. The summed E-state index contributed by atoms with van der Waals surface area (Å²) in [6.07, 6.45) is 6.48. The highest BCUT2D eigenvalue weighted by Gasteiger charge is 2.09. The number of nitrogens with one attached hydrogen (secondary N) is 1. The van der Waals surface area contributed by atoms with Gasteiger partial charge >= 0.3 is 0 Å². The van der Waals surface area contributed by atoms with Gasteiger partial charge in [0.1, 0.15) is 18.1 Å². The van der Waals surface area contributed by atoms with Crippen LogP contribution >= 0.6 is 39.1 Å². The van der Waals surface area contributed by atoms with E-state index in [2.05, 4.69) is 26.3 Å².